The van der Waals surface area contributed by atoms with Crippen LogP contribution in [0.5, 0.6) is 0 Å². The second-order valence-electron chi connectivity index (χ2n) is 11.1. The third-order valence-corrected chi connectivity index (χ3v) is 8.25. The van der Waals surface area contributed by atoms with E-state index in [9.17, 15) is 4.79 Å². The highest BCUT2D eigenvalue weighted by molar-refractivity contribution is 5.86. The van der Waals surface area contributed by atoms with Gasteiger partial charge in [-0.2, -0.15) is 0 Å². The summed E-state index contributed by atoms with van der Waals surface area (Å²) in [6.07, 6.45) is 10.8. The van der Waals surface area contributed by atoms with Gasteiger partial charge in [0, 0.05) is 6.54 Å². The number of rotatable bonds is 10. The van der Waals surface area contributed by atoms with Crippen LogP contribution in [0.15, 0.2) is 72.3 Å². The minimum atomic E-state index is -1.02. The lowest BCUT2D eigenvalue weighted by Crippen LogP contribution is -2.45. The molecule has 1 N–H and O–H groups in total. The number of amides is 1. The van der Waals surface area contributed by atoms with E-state index >= 15 is 0 Å². The maximum absolute atomic E-state index is 13.4. The Bertz CT molecular complexity index is 1100. The number of ether oxygens (including phenoxy) is 1. The highest BCUT2D eigenvalue weighted by Crippen LogP contribution is 2.31. The lowest BCUT2D eigenvalue weighted by molar-refractivity contribution is -0.145. The maximum atomic E-state index is 13.4. The molecule has 2 aromatic carbocycles. The van der Waals surface area contributed by atoms with Gasteiger partial charge in [-0.05, 0) is 100 Å². The summed E-state index contributed by atoms with van der Waals surface area (Å²) < 4.78 is 6.38. The Balaban J connectivity index is 1.27. The molecule has 1 aliphatic heterocycles. The number of carbonyl (C=O) groups is 1. The fourth-order valence-electron chi connectivity index (χ4n) is 5.58. The fraction of sp³-hybridized carbons (Fsp3) is 0.485. The average molecular weight is 501 g/mol. The molecule has 2 aromatic rings. The maximum Gasteiger partial charge on any atom is 0.256 e. The number of hydrogen-bond donors (Lipinski definition) is 1. The van der Waals surface area contributed by atoms with Gasteiger partial charge in [-0.25, -0.2) is 0 Å². The van der Waals surface area contributed by atoms with Gasteiger partial charge in [-0.15, -0.1) is 0 Å². The Labute approximate surface area is 223 Å². The molecular weight excluding hydrogens is 456 g/mol. The number of aryl methyl sites for hydroxylation is 2. The molecule has 1 heterocycles. The van der Waals surface area contributed by atoms with Crippen LogP contribution in [0.1, 0.15) is 67.7 Å². The minimum Gasteiger partial charge on any atom is -0.356 e. The fourth-order valence-corrected chi connectivity index (χ4v) is 5.58. The number of carbonyl (C=O) groups excluding carboxylic acids is 1. The van der Waals surface area contributed by atoms with E-state index in [0.29, 0.717) is 25.0 Å². The molecule has 0 bridgehead atoms. The summed E-state index contributed by atoms with van der Waals surface area (Å²) in [7, 11) is 0. The topological polar surface area (TPSA) is 41.6 Å². The summed E-state index contributed by atoms with van der Waals surface area (Å²) in [5.74, 6) is 1.04. The Morgan fingerprint density at radius 1 is 1.11 bits per heavy atom. The molecule has 1 amide bonds. The van der Waals surface area contributed by atoms with E-state index in [2.05, 4.69) is 67.4 Å². The highest BCUT2D eigenvalue weighted by atomic mass is 16.5. The van der Waals surface area contributed by atoms with Crippen molar-refractivity contribution in [2.24, 2.45) is 5.92 Å². The summed E-state index contributed by atoms with van der Waals surface area (Å²) in [4.78, 5) is 16.0. The summed E-state index contributed by atoms with van der Waals surface area (Å²) in [5.41, 5.74) is 5.41. The molecular formula is C33H44N2O2. The van der Waals surface area contributed by atoms with Crippen molar-refractivity contribution in [2.45, 2.75) is 64.9 Å². The van der Waals surface area contributed by atoms with E-state index in [4.69, 9.17) is 4.74 Å². The first-order valence-corrected chi connectivity index (χ1v) is 14.0. The van der Waals surface area contributed by atoms with Gasteiger partial charge in [-0.3, -0.25) is 4.79 Å². The van der Waals surface area contributed by atoms with Crippen molar-refractivity contribution in [1.82, 2.24) is 10.2 Å². The van der Waals surface area contributed by atoms with Gasteiger partial charge in [-0.1, -0.05) is 79.2 Å². The van der Waals surface area contributed by atoms with E-state index < -0.39 is 5.60 Å². The molecule has 0 spiro atoms. The molecule has 0 saturated carbocycles. The molecule has 198 valence electrons. The molecule has 0 radical (unpaired) electrons. The third-order valence-electron chi connectivity index (χ3n) is 8.25. The zero-order valence-corrected chi connectivity index (χ0v) is 23.1. The summed E-state index contributed by atoms with van der Waals surface area (Å²) in [6, 6.07) is 16.7. The standard InChI is InChI=1S/C33H44N2O2/c1-25-15-16-27(3)31(23-25)28-17-21-35(22-18-28)20-10-19-34-32(36)33(4,30-13-6-5-7-14-30)37-24-29-12-9-8-11-26(29)2/h5-9,12-16,23,26,28H,10-11,17-22,24H2,1-4H3,(H,34,36). The summed E-state index contributed by atoms with van der Waals surface area (Å²) in [5, 5.41) is 3.18. The summed E-state index contributed by atoms with van der Waals surface area (Å²) in [6.45, 7) is 12.9. The molecule has 37 heavy (non-hydrogen) atoms. The molecule has 1 saturated heterocycles. The van der Waals surface area contributed by atoms with Crippen LogP contribution in [-0.2, 0) is 15.1 Å². The number of allylic oxidation sites excluding steroid dienone is 3. The van der Waals surface area contributed by atoms with Crippen molar-refractivity contribution in [2.75, 3.05) is 32.8 Å². The molecule has 2 aliphatic rings. The summed E-state index contributed by atoms with van der Waals surface area (Å²) >= 11 is 0. The number of likely N-dealkylation sites (tertiary alicyclic amines) is 1. The van der Waals surface area contributed by atoms with Crippen LogP contribution in [0.3, 0.4) is 0 Å². The predicted molar refractivity (Wildman–Crippen MR) is 153 cm³/mol. The number of piperidine rings is 1. The number of nitrogens with zero attached hydrogens (tertiary/aromatic N) is 1. The molecule has 2 atom stereocenters. The monoisotopic (exact) mass is 500 g/mol. The van der Waals surface area contributed by atoms with E-state index in [1.807, 2.05) is 37.3 Å². The van der Waals surface area contributed by atoms with Gasteiger partial charge in [0.15, 0.2) is 5.60 Å². The first kappa shape index (κ1) is 27.3. The van der Waals surface area contributed by atoms with E-state index in [1.165, 1.54) is 35.1 Å². The van der Waals surface area contributed by atoms with Crippen LogP contribution in [0, 0.1) is 19.8 Å². The van der Waals surface area contributed by atoms with Gasteiger partial charge in [0.1, 0.15) is 0 Å². The van der Waals surface area contributed by atoms with Crippen LogP contribution in [0.25, 0.3) is 0 Å². The van der Waals surface area contributed by atoms with Gasteiger partial charge < -0.3 is 15.0 Å². The van der Waals surface area contributed by atoms with Crippen molar-refractivity contribution in [3.63, 3.8) is 0 Å². The normalized spacial score (nSPS) is 20.3. The number of nitrogens with one attached hydrogen (secondary N) is 1. The molecule has 0 aromatic heterocycles. The molecule has 1 fully saturated rings. The molecule has 4 nitrogen and oxygen atoms in total. The van der Waals surface area contributed by atoms with Crippen molar-refractivity contribution in [3.05, 3.63) is 94.6 Å². The lowest BCUT2D eigenvalue weighted by atomic mass is 9.86. The zero-order valence-electron chi connectivity index (χ0n) is 23.1. The second-order valence-corrected chi connectivity index (χ2v) is 11.1. The van der Waals surface area contributed by atoms with Crippen molar-refractivity contribution < 1.29 is 9.53 Å². The Morgan fingerprint density at radius 2 is 1.86 bits per heavy atom. The van der Waals surface area contributed by atoms with Gasteiger partial charge in [0.05, 0.1) is 6.61 Å². The van der Waals surface area contributed by atoms with Crippen molar-refractivity contribution in [3.8, 4) is 0 Å². The van der Waals surface area contributed by atoms with Gasteiger partial charge in [0.25, 0.3) is 5.91 Å². The van der Waals surface area contributed by atoms with E-state index in [1.54, 1.807) is 0 Å². The molecule has 4 heteroatoms. The Kier molecular flexibility index (Phi) is 9.39. The van der Waals surface area contributed by atoms with Crippen LogP contribution < -0.4 is 5.32 Å². The van der Waals surface area contributed by atoms with Crippen LogP contribution in [0.4, 0.5) is 0 Å². The average Bonchev–Trinajstić information content (AvgIpc) is 2.92. The quantitative estimate of drug-likeness (QED) is 0.382. The van der Waals surface area contributed by atoms with Gasteiger partial charge >= 0.3 is 0 Å². The lowest BCUT2D eigenvalue weighted by Gasteiger charge is -2.33. The smallest absolute Gasteiger partial charge is 0.256 e. The van der Waals surface area contributed by atoms with Crippen LogP contribution in [0.2, 0.25) is 0 Å². The highest BCUT2D eigenvalue weighted by Gasteiger charge is 2.36. The van der Waals surface area contributed by atoms with E-state index in [-0.39, 0.29) is 5.91 Å². The SMILES string of the molecule is Cc1ccc(C)c(C2CCN(CCCNC(=O)C(C)(OCC3=CC=CCC3C)c3ccccc3)CC2)c1. The predicted octanol–water partition coefficient (Wildman–Crippen LogP) is 6.44. The Morgan fingerprint density at radius 3 is 2.59 bits per heavy atom. The van der Waals surface area contributed by atoms with Crippen LogP contribution >= 0.6 is 0 Å². The van der Waals surface area contributed by atoms with E-state index in [0.717, 1.165) is 38.0 Å². The molecule has 1 aliphatic carbocycles. The second kappa shape index (κ2) is 12.7. The van der Waals surface area contributed by atoms with Crippen molar-refractivity contribution >= 4 is 5.91 Å². The largest absolute Gasteiger partial charge is 0.356 e. The third kappa shape index (κ3) is 7.00. The first-order chi connectivity index (χ1) is 17.9. The zero-order chi connectivity index (χ0) is 26.3. The molecule has 4 rings (SSSR count). The molecule has 2 unspecified atom stereocenters. The van der Waals surface area contributed by atoms with Crippen LogP contribution in [-0.4, -0.2) is 43.6 Å². The Hall–Kier alpha value is -2.69. The first-order valence-electron chi connectivity index (χ1n) is 14.0. The van der Waals surface area contributed by atoms with Crippen molar-refractivity contribution in [1.29, 1.82) is 0 Å². The van der Waals surface area contributed by atoms with Gasteiger partial charge in [0.2, 0.25) is 0 Å². The number of benzene rings is 2. The minimum absolute atomic E-state index is 0.0630. The number of hydrogen-bond acceptors (Lipinski definition) is 3.